The zero-order chi connectivity index (χ0) is 12.7. The number of anilines is 1. The standard InChI is InChI=1S/C12H13F3N2/c1-2-3-4-5-8-16-11-7-6-10(9-17-11)12(13,14)15/h1,6-7,9H,3-5,8H2,(H,16,17). The second-order valence-electron chi connectivity index (χ2n) is 3.52. The molecule has 0 atom stereocenters. The summed E-state index contributed by atoms with van der Waals surface area (Å²) in [6.45, 7) is 0.653. The van der Waals surface area contributed by atoms with Gasteiger partial charge in [0.1, 0.15) is 5.82 Å². The van der Waals surface area contributed by atoms with E-state index in [1.54, 1.807) is 0 Å². The number of aromatic nitrogens is 1. The van der Waals surface area contributed by atoms with Gasteiger partial charge in [0.25, 0.3) is 0 Å². The lowest BCUT2D eigenvalue weighted by Gasteiger charge is -2.08. The van der Waals surface area contributed by atoms with Gasteiger partial charge in [0.2, 0.25) is 0 Å². The van der Waals surface area contributed by atoms with E-state index in [0.717, 1.165) is 25.1 Å². The molecular weight excluding hydrogens is 229 g/mol. The summed E-state index contributed by atoms with van der Waals surface area (Å²) in [7, 11) is 0. The Labute approximate surface area is 98.3 Å². The average Bonchev–Trinajstić information content (AvgIpc) is 2.28. The Hall–Kier alpha value is -1.70. The van der Waals surface area contributed by atoms with Crippen LogP contribution in [-0.2, 0) is 6.18 Å². The molecule has 0 spiro atoms. The van der Waals surface area contributed by atoms with E-state index in [4.69, 9.17) is 6.42 Å². The first-order valence-electron chi connectivity index (χ1n) is 5.24. The molecule has 17 heavy (non-hydrogen) atoms. The number of alkyl halides is 3. The van der Waals surface area contributed by atoms with Crippen LogP contribution in [0.5, 0.6) is 0 Å². The summed E-state index contributed by atoms with van der Waals surface area (Å²) in [5, 5.41) is 2.94. The van der Waals surface area contributed by atoms with E-state index in [1.807, 2.05) is 0 Å². The Morgan fingerprint density at radius 3 is 2.59 bits per heavy atom. The monoisotopic (exact) mass is 242 g/mol. The Morgan fingerprint density at radius 2 is 2.06 bits per heavy atom. The van der Waals surface area contributed by atoms with E-state index >= 15 is 0 Å². The van der Waals surface area contributed by atoms with Crippen LogP contribution in [0.15, 0.2) is 18.3 Å². The second-order valence-corrected chi connectivity index (χ2v) is 3.52. The van der Waals surface area contributed by atoms with Gasteiger partial charge < -0.3 is 5.32 Å². The summed E-state index contributed by atoms with van der Waals surface area (Å²) in [5.74, 6) is 2.97. The minimum absolute atomic E-state index is 0.443. The van der Waals surface area contributed by atoms with Gasteiger partial charge in [-0.15, -0.1) is 12.3 Å². The fourth-order valence-electron chi connectivity index (χ4n) is 1.23. The smallest absolute Gasteiger partial charge is 0.370 e. The highest BCUT2D eigenvalue weighted by molar-refractivity contribution is 5.35. The normalized spacial score (nSPS) is 10.9. The van der Waals surface area contributed by atoms with Crippen LogP contribution in [0.25, 0.3) is 0 Å². The molecule has 0 radical (unpaired) electrons. The lowest BCUT2D eigenvalue weighted by Crippen LogP contribution is -2.07. The molecule has 0 aliphatic rings. The van der Waals surface area contributed by atoms with Gasteiger partial charge in [0.05, 0.1) is 5.56 Å². The summed E-state index contributed by atoms with van der Waals surface area (Å²) in [4.78, 5) is 3.69. The van der Waals surface area contributed by atoms with Crippen LogP contribution in [0.4, 0.5) is 19.0 Å². The van der Waals surface area contributed by atoms with Gasteiger partial charge in [-0.1, -0.05) is 0 Å². The maximum atomic E-state index is 12.2. The van der Waals surface area contributed by atoms with Crippen molar-refractivity contribution in [2.45, 2.75) is 25.4 Å². The maximum Gasteiger partial charge on any atom is 0.417 e. The minimum atomic E-state index is -4.33. The molecule has 92 valence electrons. The van der Waals surface area contributed by atoms with E-state index in [2.05, 4.69) is 16.2 Å². The van der Waals surface area contributed by atoms with Crippen molar-refractivity contribution in [1.29, 1.82) is 0 Å². The van der Waals surface area contributed by atoms with Crippen LogP contribution >= 0.6 is 0 Å². The molecule has 0 amide bonds. The number of unbranched alkanes of at least 4 members (excludes halogenated alkanes) is 2. The molecule has 0 aromatic carbocycles. The van der Waals surface area contributed by atoms with E-state index in [9.17, 15) is 13.2 Å². The molecule has 5 heteroatoms. The average molecular weight is 242 g/mol. The largest absolute Gasteiger partial charge is 0.417 e. The van der Waals surface area contributed by atoms with Gasteiger partial charge in [0, 0.05) is 19.2 Å². The van der Waals surface area contributed by atoms with Crippen LogP contribution in [0.2, 0.25) is 0 Å². The van der Waals surface area contributed by atoms with Gasteiger partial charge in [-0.25, -0.2) is 4.98 Å². The molecular formula is C12H13F3N2. The van der Waals surface area contributed by atoms with Gasteiger partial charge in [0.15, 0.2) is 0 Å². The molecule has 1 N–H and O–H groups in total. The Kier molecular flexibility index (Phi) is 4.83. The van der Waals surface area contributed by atoms with Crippen LogP contribution in [-0.4, -0.2) is 11.5 Å². The molecule has 0 bridgehead atoms. The first kappa shape index (κ1) is 13.4. The molecule has 0 aliphatic carbocycles. The highest BCUT2D eigenvalue weighted by Crippen LogP contribution is 2.28. The highest BCUT2D eigenvalue weighted by atomic mass is 19.4. The van der Waals surface area contributed by atoms with Gasteiger partial charge >= 0.3 is 6.18 Å². The van der Waals surface area contributed by atoms with Crippen LogP contribution in [0, 0.1) is 12.3 Å². The van der Waals surface area contributed by atoms with Crippen molar-refractivity contribution >= 4 is 5.82 Å². The third kappa shape index (κ3) is 4.77. The number of rotatable bonds is 5. The van der Waals surface area contributed by atoms with Crippen LogP contribution in [0.3, 0.4) is 0 Å². The highest BCUT2D eigenvalue weighted by Gasteiger charge is 2.30. The lowest BCUT2D eigenvalue weighted by atomic mass is 10.2. The number of nitrogens with one attached hydrogen (secondary N) is 1. The first-order valence-corrected chi connectivity index (χ1v) is 5.24. The van der Waals surface area contributed by atoms with Crippen LogP contribution < -0.4 is 5.32 Å². The zero-order valence-corrected chi connectivity index (χ0v) is 9.22. The SMILES string of the molecule is C#CCCCCNc1ccc(C(F)(F)F)cn1. The molecule has 1 aromatic heterocycles. The number of hydrogen-bond donors (Lipinski definition) is 1. The molecule has 0 unspecified atom stereocenters. The van der Waals surface area contributed by atoms with E-state index in [-0.39, 0.29) is 0 Å². The molecule has 1 heterocycles. The molecule has 2 nitrogen and oxygen atoms in total. The zero-order valence-electron chi connectivity index (χ0n) is 9.22. The number of halogens is 3. The molecule has 1 aromatic rings. The topological polar surface area (TPSA) is 24.9 Å². The van der Waals surface area contributed by atoms with Gasteiger partial charge in [-0.05, 0) is 25.0 Å². The summed E-state index contributed by atoms with van der Waals surface area (Å²) >= 11 is 0. The van der Waals surface area contributed by atoms with Crippen molar-refractivity contribution in [3.05, 3.63) is 23.9 Å². The fourth-order valence-corrected chi connectivity index (χ4v) is 1.23. The van der Waals surface area contributed by atoms with Crippen molar-refractivity contribution in [2.24, 2.45) is 0 Å². The molecule has 1 rings (SSSR count). The van der Waals surface area contributed by atoms with Crippen molar-refractivity contribution < 1.29 is 13.2 Å². The lowest BCUT2D eigenvalue weighted by molar-refractivity contribution is -0.137. The van der Waals surface area contributed by atoms with Crippen LogP contribution in [0.1, 0.15) is 24.8 Å². The number of nitrogens with zero attached hydrogens (tertiary/aromatic N) is 1. The predicted octanol–water partition coefficient (Wildman–Crippen LogP) is 3.32. The van der Waals surface area contributed by atoms with Crippen molar-refractivity contribution in [3.63, 3.8) is 0 Å². The number of hydrogen-bond acceptors (Lipinski definition) is 2. The Balaban J connectivity index is 2.39. The van der Waals surface area contributed by atoms with Crippen molar-refractivity contribution in [3.8, 4) is 12.3 Å². The van der Waals surface area contributed by atoms with E-state index in [1.165, 1.54) is 6.07 Å². The molecule has 0 saturated heterocycles. The van der Waals surface area contributed by atoms with Gasteiger partial charge in [-0.2, -0.15) is 13.2 Å². The minimum Gasteiger partial charge on any atom is -0.370 e. The van der Waals surface area contributed by atoms with Crippen molar-refractivity contribution in [1.82, 2.24) is 4.98 Å². The second kappa shape index (κ2) is 6.14. The third-order valence-electron chi connectivity index (χ3n) is 2.14. The van der Waals surface area contributed by atoms with Crippen molar-refractivity contribution in [2.75, 3.05) is 11.9 Å². The Morgan fingerprint density at radius 1 is 1.29 bits per heavy atom. The molecule has 0 fully saturated rings. The summed E-state index contributed by atoms with van der Waals surface area (Å²) in [6, 6.07) is 2.33. The molecule has 0 saturated carbocycles. The summed E-state index contributed by atoms with van der Waals surface area (Å²) < 4.78 is 36.7. The summed E-state index contributed by atoms with van der Waals surface area (Å²) in [6.07, 6.45) is 4.05. The van der Waals surface area contributed by atoms with E-state index < -0.39 is 11.7 Å². The van der Waals surface area contributed by atoms with Gasteiger partial charge in [-0.3, -0.25) is 0 Å². The number of terminal acetylenes is 1. The first-order chi connectivity index (χ1) is 8.04. The summed E-state index contributed by atoms with van der Waals surface area (Å²) in [5.41, 5.74) is -0.740. The predicted molar refractivity (Wildman–Crippen MR) is 60.4 cm³/mol. The third-order valence-corrected chi connectivity index (χ3v) is 2.14. The molecule has 0 aliphatic heterocycles. The quantitative estimate of drug-likeness (QED) is 0.633. The Bertz CT molecular complexity index is 376. The van der Waals surface area contributed by atoms with E-state index in [0.29, 0.717) is 18.8 Å². The number of pyridine rings is 1. The maximum absolute atomic E-state index is 12.2. The fraction of sp³-hybridized carbons (Fsp3) is 0.417.